The van der Waals surface area contributed by atoms with Gasteiger partial charge in [0.2, 0.25) is 5.91 Å². The largest absolute Gasteiger partial charge is 0.497 e. The number of fused-ring (bicyclic) bond motifs is 1. The van der Waals surface area contributed by atoms with E-state index < -0.39 is 17.4 Å². The van der Waals surface area contributed by atoms with E-state index in [1.165, 1.54) is 41.2 Å². The molecule has 226 valence electrons. The van der Waals surface area contributed by atoms with Crippen LogP contribution in [-0.2, 0) is 17.9 Å². The number of rotatable bonds is 9. The Morgan fingerprint density at radius 2 is 1.91 bits per heavy atom. The first-order chi connectivity index (χ1) is 21.4. The van der Waals surface area contributed by atoms with Gasteiger partial charge < -0.3 is 19.7 Å². The number of carbonyl (C=O) groups excluding carboxylic acids is 1. The first kappa shape index (κ1) is 29.6. The van der Waals surface area contributed by atoms with Gasteiger partial charge in [-0.15, -0.1) is 0 Å². The molecule has 0 radical (unpaired) electrons. The van der Waals surface area contributed by atoms with Gasteiger partial charge >= 0.3 is 0 Å². The Balaban J connectivity index is 1.40. The van der Waals surface area contributed by atoms with Crippen molar-refractivity contribution in [2.45, 2.75) is 32.0 Å². The average Bonchev–Trinajstić information content (AvgIpc) is 3.71. The van der Waals surface area contributed by atoms with E-state index in [1.54, 1.807) is 25.3 Å². The summed E-state index contributed by atoms with van der Waals surface area (Å²) in [6.45, 7) is 1.05. The van der Waals surface area contributed by atoms with Gasteiger partial charge in [0.15, 0.2) is 15.5 Å². The van der Waals surface area contributed by atoms with E-state index in [2.05, 4.69) is 10.3 Å². The summed E-state index contributed by atoms with van der Waals surface area (Å²) in [5.74, 6) is 0.507. The van der Waals surface area contributed by atoms with Crippen LogP contribution in [0.15, 0.2) is 71.5 Å². The number of aromatic nitrogens is 3. The van der Waals surface area contributed by atoms with E-state index in [0.29, 0.717) is 51.6 Å². The maximum atomic E-state index is 15.2. The topological polar surface area (TPSA) is 98.6 Å². The molecule has 1 fully saturated rings. The number of halogens is 2. The number of benzene rings is 3. The second-order valence-electron chi connectivity index (χ2n) is 10.3. The van der Waals surface area contributed by atoms with Crippen LogP contribution in [0.25, 0.3) is 21.7 Å². The fourth-order valence-electron chi connectivity index (χ4n) is 5.36. The van der Waals surface area contributed by atoms with Crippen molar-refractivity contribution in [1.29, 1.82) is 0 Å². The third kappa shape index (κ3) is 5.85. The monoisotopic (exact) mass is 633 g/mol. The maximum absolute atomic E-state index is 15.2. The summed E-state index contributed by atoms with van der Waals surface area (Å²) in [7, 11) is 3.07. The molecule has 5 aromatic rings. The maximum Gasteiger partial charge on any atom is 0.281 e. The van der Waals surface area contributed by atoms with Crippen molar-refractivity contribution in [3.63, 3.8) is 0 Å². The smallest absolute Gasteiger partial charge is 0.281 e. The van der Waals surface area contributed by atoms with Crippen molar-refractivity contribution in [3.05, 3.63) is 99.1 Å². The van der Waals surface area contributed by atoms with Gasteiger partial charge in [-0.1, -0.05) is 53.3 Å². The number of carbonyl (C=O) groups is 1. The molecule has 1 saturated heterocycles. The zero-order valence-corrected chi connectivity index (χ0v) is 25.6. The number of hydrogen-bond acceptors (Lipinski definition) is 8. The Bertz CT molecular complexity index is 1900. The predicted molar refractivity (Wildman–Crippen MR) is 169 cm³/mol. The molecule has 0 saturated carbocycles. The Hall–Kier alpha value is -4.48. The van der Waals surface area contributed by atoms with Gasteiger partial charge in [-0.2, -0.15) is 0 Å². The van der Waals surface area contributed by atoms with Crippen molar-refractivity contribution in [2.75, 3.05) is 25.7 Å². The zero-order chi connectivity index (χ0) is 30.8. The van der Waals surface area contributed by atoms with E-state index in [4.69, 9.17) is 26.1 Å². The minimum atomic E-state index is -0.574. The van der Waals surface area contributed by atoms with Crippen LogP contribution < -0.4 is 25.2 Å². The lowest BCUT2D eigenvalue weighted by Crippen LogP contribution is -2.43. The zero-order valence-electron chi connectivity index (χ0n) is 24.0. The van der Waals surface area contributed by atoms with Crippen LogP contribution in [-0.4, -0.2) is 47.2 Å². The first-order valence-corrected chi connectivity index (χ1v) is 15.2. The Morgan fingerprint density at radius 1 is 1.09 bits per heavy atom. The highest BCUT2D eigenvalue weighted by Crippen LogP contribution is 2.34. The number of methoxy groups -OCH3 is 2. The molecule has 1 unspecified atom stereocenters. The third-order valence-electron chi connectivity index (χ3n) is 7.61. The number of anilines is 1. The Labute approximate surface area is 261 Å². The summed E-state index contributed by atoms with van der Waals surface area (Å²) in [4.78, 5) is 39.0. The predicted octanol–water partition coefficient (Wildman–Crippen LogP) is 5.66. The van der Waals surface area contributed by atoms with Gasteiger partial charge in [0, 0.05) is 29.7 Å². The number of amides is 1. The van der Waals surface area contributed by atoms with E-state index in [-0.39, 0.29) is 29.4 Å². The summed E-state index contributed by atoms with van der Waals surface area (Å²) < 4.78 is 27.5. The molecule has 1 aliphatic heterocycles. The minimum Gasteiger partial charge on any atom is -0.497 e. The number of nitrogens with zero attached hydrogens (tertiary/aromatic N) is 4. The molecule has 12 heteroatoms. The Morgan fingerprint density at radius 3 is 2.68 bits per heavy atom. The molecule has 0 spiro atoms. The molecule has 2 aromatic heterocycles. The van der Waals surface area contributed by atoms with Crippen LogP contribution in [0.2, 0.25) is 5.02 Å². The molecular weight excluding hydrogens is 605 g/mol. The standard InChI is InChI=1S/C32H29ClFN5O4S/c1-42-22-12-10-20(26(16-22)43-2)18-39-28(23-15-21(33)11-13-24(23)34)37-30-27(31(39)41)36-32(44-30)38-14-6-9-25(38)29(40)35-17-19-7-4-3-5-8-19/h3-5,7-8,10-13,15-16,25H,6,9,14,17-18H2,1-2H3,(H,35,40). The van der Waals surface area contributed by atoms with Crippen molar-refractivity contribution in [1.82, 2.24) is 19.9 Å². The molecule has 1 amide bonds. The van der Waals surface area contributed by atoms with Gasteiger partial charge in [-0.3, -0.25) is 14.2 Å². The highest BCUT2D eigenvalue weighted by atomic mass is 35.5. The summed E-state index contributed by atoms with van der Waals surface area (Å²) in [6, 6.07) is 18.6. The first-order valence-electron chi connectivity index (χ1n) is 14.0. The lowest BCUT2D eigenvalue weighted by Gasteiger charge is -2.23. The molecule has 1 N–H and O–H groups in total. The highest BCUT2D eigenvalue weighted by molar-refractivity contribution is 7.21. The lowest BCUT2D eigenvalue weighted by atomic mass is 10.1. The van der Waals surface area contributed by atoms with Crippen molar-refractivity contribution in [2.24, 2.45) is 0 Å². The molecular formula is C32H29ClFN5O4S. The number of hydrogen-bond donors (Lipinski definition) is 1. The van der Waals surface area contributed by atoms with E-state index >= 15 is 4.39 Å². The fraction of sp³-hybridized carbons (Fsp3) is 0.250. The summed E-state index contributed by atoms with van der Waals surface area (Å²) >= 11 is 7.45. The summed E-state index contributed by atoms with van der Waals surface area (Å²) in [6.07, 6.45) is 1.46. The number of ether oxygens (including phenoxy) is 2. The normalized spacial score (nSPS) is 14.6. The van der Waals surface area contributed by atoms with E-state index in [9.17, 15) is 9.59 Å². The van der Waals surface area contributed by atoms with Crippen LogP contribution in [0.3, 0.4) is 0 Å². The quantitative estimate of drug-likeness (QED) is 0.224. The average molecular weight is 634 g/mol. The van der Waals surface area contributed by atoms with Gasteiger partial charge in [0.25, 0.3) is 5.56 Å². The summed E-state index contributed by atoms with van der Waals surface area (Å²) in [5.41, 5.74) is 1.43. The molecule has 1 aliphatic rings. The minimum absolute atomic E-state index is 0.0251. The second-order valence-corrected chi connectivity index (χ2v) is 11.7. The molecule has 3 aromatic carbocycles. The molecule has 6 rings (SSSR count). The van der Waals surface area contributed by atoms with Crippen molar-refractivity contribution < 1.29 is 18.7 Å². The molecule has 1 atom stereocenters. The molecule has 9 nitrogen and oxygen atoms in total. The van der Waals surface area contributed by atoms with Crippen LogP contribution in [0, 0.1) is 5.82 Å². The molecule has 0 aliphatic carbocycles. The summed E-state index contributed by atoms with van der Waals surface area (Å²) in [5, 5.41) is 3.84. The van der Waals surface area contributed by atoms with Crippen LogP contribution in [0.1, 0.15) is 24.0 Å². The van der Waals surface area contributed by atoms with Crippen LogP contribution in [0.4, 0.5) is 9.52 Å². The highest BCUT2D eigenvalue weighted by Gasteiger charge is 2.33. The van der Waals surface area contributed by atoms with Gasteiger partial charge in [0.1, 0.15) is 29.2 Å². The lowest BCUT2D eigenvalue weighted by molar-refractivity contribution is -0.122. The SMILES string of the molecule is COc1ccc(Cn2c(-c3cc(Cl)ccc3F)nc3sc(N4CCCC4C(=O)NCc4ccccc4)nc3c2=O)c(OC)c1. The van der Waals surface area contributed by atoms with Gasteiger partial charge in [0.05, 0.1) is 26.3 Å². The third-order valence-corrected chi connectivity index (χ3v) is 8.83. The van der Waals surface area contributed by atoms with E-state index in [1.807, 2.05) is 35.2 Å². The van der Waals surface area contributed by atoms with Crippen molar-refractivity contribution in [3.8, 4) is 22.9 Å². The number of thiazole rings is 1. The molecule has 44 heavy (non-hydrogen) atoms. The van der Waals surface area contributed by atoms with Crippen molar-refractivity contribution >= 4 is 44.3 Å². The number of nitrogens with one attached hydrogen (secondary N) is 1. The van der Waals surface area contributed by atoms with Gasteiger partial charge in [-0.05, 0) is 48.7 Å². The van der Waals surface area contributed by atoms with Crippen LogP contribution in [0.5, 0.6) is 11.5 Å². The van der Waals surface area contributed by atoms with Crippen LogP contribution >= 0.6 is 22.9 Å². The van der Waals surface area contributed by atoms with E-state index in [0.717, 1.165) is 12.0 Å². The van der Waals surface area contributed by atoms with Gasteiger partial charge in [-0.25, -0.2) is 14.4 Å². The second kappa shape index (κ2) is 12.6. The molecule has 3 heterocycles. The molecule has 0 bridgehead atoms. The Kier molecular flexibility index (Phi) is 8.49. The fourth-order valence-corrected chi connectivity index (χ4v) is 6.54.